The standard InChI is InChI=1S/C23H20Cl2O3/c1-2-11-3-4-12(14-6-5-13(24)10-16(14)25)9-15(11)19-22(26)20-17-7-8-18(28-17)21(20)23(19)27/h3-6,9-10,17-18,20-21,26H,2,7-8H2,1H3/t17-,18-,20+,21-/m0/s1. The number of aliphatic hydroxyl groups excluding tert-OH is 1. The first-order valence-electron chi connectivity index (χ1n) is 9.71. The van der Waals surface area contributed by atoms with Gasteiger partial charge in [-0.15, -0.1) is 0 Å². The fourth-order valence-electron chi connectivity index (χ4n) is 5.10. The molecule has 1 aliphatic carbocycles. The zero-order valence-corrected chi connectivity index (χ0v) is 16.9. The molecule has 1 N–H and O–H groups in total. The molecule has 2 aliphatic heterocycles. The van der Waals surface area contributed by atoms with E-state index in [1.165, 1.54) is 0 Å². The molecule has 5 heteroatoms. The van der Waals surface area contributed by atoms with E-state index < -0.39 is 0 Å². The van der Waals surface area contributed by atoms with Gasteiger partial charge in [0.25, 0.3) is 0 Å². The number of ether oxygens (including phenoxy) is 1. The Labute approximate surface area is 173 Å². The van der Waals surface area contributed by atoms with Gasteiger partial charge in [-0.05, 0) is 54.2 Å². The van der Waals surface area contributed by atoms with Crippen LogP contribution < -0.4 is 0 Å². The van der Waals surface area contributed by atoms with Crippen molar-refractivity contribution in [3.8, 4) is 11.1 Å². The lowest BCUT2D eigenvalue weighted by Gasteiger charge is -2.19. The molecular weight excluding hydrogens is 395 g/mol. The highest BCUT2D eigenvalue weighted by Gasteiger charge is 2.59. The Kier molecular flexibility index (Phi) is 4.31. The molecule has 0 radical (unpaired) electrons. The summed E-state index contributed by atoms with van der Waals surface area (Å²) in [5.41, 5.74) is 4.07. The van der Waals surface area contributed by atoms with Crippen LogP contribution in [0.3, 0.4) is 0 Å². The molecule has 2 heterocycles. The molecule has 2 fully saturated rings. The van der Waals surface area contributed by atoms with Crippen LogP contribution in [0.1, 0.15) is 30.9 Å². The van der Waals surface area contributed by atoms with E-state index in [0.717, 1.165) is 41.5 Å². The number of ketones is 1. The van der Waals surface area contributed by atoms with Crippen molar-refractivity contribution >= 4 is 34.6 Å². The van der Waals surface area contributed by atoms with Crippen LogP contribution in [-0.2, 0) is 16.0 Å². The minimum atomic E-state index is -0.235. The van der Waals surface area contributed by atoms with Gasteiger partial charge in [0, 0.05) is 15.6 Å². The molecule has 0 unspecified atom stereocenters. The third-order valence-electron chi connectivity index (χ3n) is 6.40. The molecule has 0 amide bonds. The second-order valence-electron chi connectivity index (χ2n) is 7.82. The molecule has 2 aromatic carbocycles. The van der Waals surface area contributed by atoms with Crippen LogP contribution in [0.15, 0.2) is 42.2 Å². The highest BCUT2D eigenvalue weighted by Crippen LogP contribution is 2.54. The highest BCUT2D eigenvalue weighted by molar-refractivity contribution is 6.36. The summed E-state index contributed by atoms with van der Waals surface area (Å²) in [6, 6.07) is 11.4. The van der Waals surface area contributed by atoms with Gasteiger partial charge in [0.15, 0.2) is 5.78 Å². The first kappa shape index (κ1) is 18.2. The van der Waals surface area contributed by atoms with Crippen LogP contribution in [0, 0.1) is 11.8 Å². The van der Waals surface area contributed by atoms with Gasteiger partial charge < -0.3 is 9.84 Å². The first-order chi connectivity index (χ1) is 13.5. The summed E-state index contributed by atoms with van der Waals surface area (Å²) in [5, 5.41) is 12.1. The predicted octanol–water partition coefficient (Wildman–Crippen LogP) is 5.87. The quantitative estimate of drug-likeness (QED) is 0.682. The summed E-state index contributed by atoms with van der Waals surface area (Å²) in [6.45, 7) is 2.05. The Bertz CT molecular complexity index is 1030. The Morgan fingerprint density at radius 3 is 2.46 bits per heavy atom. The maximum Gasteiger partial charge on any atom is 0.173 e. The van der Waals surface area contributed by atoms with E-state index >= 15 is 0 Å². The molecule has 2 aromatic rings. The number of fused-ring (bicyclic) bond motifs is 5. The summed E-state index contributed by atoms with van der Waals surface area (Å²) in [5.74, 6) is -0.199. The summed E-state index contributed by atoms with van der Waals surface area (Å²) in [4.78, 5) is 13.3. The van der Waals surface area contributed by atoms with Gasteiger partial charge in [0.05, 0.1) is 29.6 Å². The zero-order chi connectivity index (χ0) is 19.6. The van der Waals surface area contributed by atoms with Gasteiger partial charge in [-0.25, -0.2) is 0 Å². The summed E-state index contributed by atoms with van der Waals surface area (Å²) < 4.78 is 5.90. The molecule has 144 valence electrons. The Balaban J connectivity index is 1.64. The smallest absolute Gasteiger partial charge is 0.173 e. The van der Waals surface area contributed by atoms with E-state index in [1.54, 1.807) is 12.1 Å². The van der Waals surface area contributed by atoms with Gasteiger partial charge >= 0.3 is 0 Å². The number of rotatable bonds is 3. The Hall–Kier alpha value is -1.81. The first-order valence-corrected chi connectivity index (χ1v) is 10.5. The van der Waals surface area contributed by atoms with Crippen molar-refractivity contribution in [2.45, 2.75) is 38.4 Å². The maximum atomic E-state index is 13.3. The maximum absolute atomic E-state index is 13.3. The van der Waals surface area contributed by atoms with E-state index in [9.17, 15) is 9.90 Å². The number of benzene rings is 2. The third kappa shape index (κ3) is 2.57. The molecule has 0 aromatic heterocycles. The average molecular weight is 415 g/mol. The van der Waals surface area contributed by atoms with E-state index in [-0.39, 0.29) is 35.6 Å². The van der Waals surface area contributed by atoms with Crippen molar-refractivity contribution in [1.29, 1.82) is 0 Å². The lowest BCUT2D eigenvalue weighted by atomic mass is 9.80. The average Bonchev–Trinajstić information content (AvgIpc) is 3.35. The second-order valence-corrected chi connectivity index (χ2v) is 8.66. The number of hydrogen-bond acceptors (Lipinski definition) is 3. The second kappa shape index (κ2) is 6.62. The number of hydrogen-bond donors (Lipinski definition) is 1. The number of carbonyl (C=O) groups is 1. The topological polar surface area (TPSA) is 46.5 Å². The minimum absolute atomic E-state index is 0.0174. The van der Waals surface area contributed by atoms with Crippen LogP contribution >= 0.6 is 23.2 Å². The fraction of sp³-hybridized carbons (Fsp3) is 0.348. The number of Topliss-reactive ketones (excluding diaryl/α,β-unsaturated/α-hetero) is 1. The van der Waals surface area contributed by atoms with Crippen LogP contribution in [0.5, 0.6) is 0 Å². The van der Waals surface area contributed by atoms with Gasteiger partial charge in [-0.3, -0.25) is 4.79 Å². The van der Waals surface area contributed by atoms with Crippen molar-refractivity contribution < 1.29 is 14.6 Å². The summed E-state index contributed by atoms with van der Waals surface area (Å²) in [6.07, 6.45) is 2.50. The van der Waals surface area contributed by atoms with Crippen LogP contribution in [0.2, 0.25) is 10.0 Å². The summed E-state index contributed by atoms with van der Waals surface area (Å²) in [7, 11) is 0. The van der Waals surface area contributed by atoms with Crippen LogP contribution in [0.4, 0.5) is 0 Å². The zero-order valence-electron chi connectivity index (χ0n) is 15.4. The number of carbonyl (C=O) groups excluding carboxylic acids is 1. The molecule has 2 saturated heterocycles. The van der Waals surface area contributed by atoms with E-state index in [4.69, 9.17) is 27.9 Å². The number of halogens is 2. The van der Waals surface area contributed by atoms with E-state index in [1.807, 2.05) is 24.3 Å². The van der Waals surface area contributed by atoms with Crippen molar-refractivity contribution in [3.63, 3.8) is 0 Å². The number of aliphatic hydroxyl groups is 1. The van der Waals surface area contributed by atoms with Crippen molar-refractivity contribution in [2.24, 2.45) is 11.8 Å². The van der Waals surface area contributed by atoms with Gasteiger partial charge in [-0.2, -0.15) is 0 Å². The van der Waals surface area contributed by atoms with Crippen LogP contribution in [-0.4, -0.2) is 23.1 Å². The van der Waals surface area contributed by atoms with Gasteiger partial charge in [0.2, 0.25) is 0 Å². The normalized spacial score (nSPS) is 28.3. The predicted molar refractivity (Wildman–Crippen MR) is 111 cm³/mol. The minimum Gasteiger partial charge on any atom is -0.511 e. The van der Waals surface area contributed by atoms with Gasteiger partial charge in [-0.1, -0.05) is 48.3 Å². The molecule has 0 saturated carbocycles. The van der Waals surface area contributed by atoms with Crippen molar-refractivity contribution in [1.82, 2.24) is 0 Å². The molecule has 5 rings (SSSR count). The monoisotopic (exact) mass is 414 g/mol. The molecule has 28 heavy (non-hydrogen) atoms. The molecule has 0 spiro atoms. The molecule has 4 atom stereocenters. The van der Waals surface area contributed by atoms with Crippen molar-refractivity contribution in [3.05, 3.63) is 63.3 Å². The van der Waals surface area contributed by atoms with Gasteiger partial charge in [0.1, 0.15) is 5.76 Å². The molecule has 3 aliphatic rings. The van der Waals surface area contributed by atoms with E-state index in [2.05, 4.69) is 6.92 Å². The lowest BCUT2D eigenvalue weighted by molar-refractivity contribution is -0.118. The number of allylic oxidation sites excluding steroid dienone is 1. The molecule has 2 bridgehead atoms. The number of aryl methyl sites for hydroxylation is 1. The molecule has 3 nitrogen and oxygen atoms in total. The van der Waals surface area contributed by atoms with Crippen LogP contribution in [0.25, 0.3) is 16.7 Å². The largest absolute Gasteiger partial charge is 0.511 e. The van der Waals surface area contributed by atoms with Crippen molar-refractivity contribution in [2.75, 3.05) is 0 Å². The SMILES string of the molecule is CCc1ccc(-c2ccc(Cl)cc2Cl)cc1C1=C(O)[C@H]2[C@@H](C1=O)[C@@H]1CC[C@@H]2O1. The summed E-state index contributed by atoms with van der Waals surface area (Å²) >= 11 is 12.4. The lowest BCUT2D eigenvalue weighted by Crippen LogP contribution is -2.29. The highest BCUT2D eigenvalue weighted by atomic mass is 35.5. The van der Waals surface area contributed by atoms with E-state index in [0.29, 0.717) is 15.6 Å². The molecular formula is C23H20Cl2O3. The fourth-order valence-corrected chi connectivity index (χ4v) is 5.61. The Morgan fingerprint density at radius 1 is 1.04 bits per heavy atom. The third-order valence-corrected chi connectivity index (χ3v) is 6.94. The Morgan fingerprint density at radius 2 is 1.79 bits per heavy atom.